The molecule has 1 aliphatic carbocycles. The van der Waals surface area contributed by atoms with Crippen LogP contribution in [0.3, 0.4) is 0 Å². The molecule has 2 unspecified atom stereocenters. The van der Waals surface area contributed by atoms with E-state index in [-0.39, 0.29) is 24.7 Å². The third-order valence-corrected chi connectivity index (χ3v) is 6.91. The minimum Gasteiger partial charge on any atom is -0.330 e. The number of alkyl halides is 3. The molecule has 41 heavy (non-hydrogen) atoms. The number of nitrogens with zero attached hydrogens (tertiary/aromatic N) is 6. The summed E-state index contributed by atoms with van der Waals surface area (Å²) < 4.78 is 41.8. The molecule has 1 saturated carbocycles. The highest BCUT2D eigenvalue weighted by Crippen LogP contribution is 2.34. The topological polar surface area (TPSA) is 86.6 Å². The van der Waals surface area contributed by atoms with Crippen LogP contribution in [0.25, 0.3) is 0 Å². The molecule has 1 amide bonds. The Balaban J connectivity index is 0.00000192. The van der Waals surface area contributed by atoms with Gasteiger partial charge < -0.3 is 4.90 Å². The summed E-state index contributed by atoms with van der Waals surface area (Å²) in [4.78, 5) is 33.0. The summed E-state index contributed by atoms with van der Waals surface area (Å²) in [5, 5.41) is 1.64. The molecule has 0 aromatic carbocycles. The van der Waals surface area contributed by atoms with Gasteiger partial charge in [0, 0.05) is 25.4 Å². The number of hydrogen-bond donors (Lipinski definition) is 1. The van der Waals surface area contributed by atoms with Crippen LogP contribution in [0.15, 0.2) is 35.6 Å². The average molecular weight is 574 g/mol. The Hall–Kier alpha value is -3.68. The minimum absolute atomic E-state index is 0. The van der Waals surface area contributed by atoms with E-state index in [1.165, 1.54) is 6.34 Å². The van der Waals surface area contributed by atoms with E-state index >= 15 is 0 Å². The lowest BCUT2D eigenvalue weighted by molar-refractivity contribution is -0.137. The second-order valence-corrected chi connectivity index (χ2v) is 10.1. The molecular weight excluding hydrogens is 531 g/mol. The Morgan fingerprint density at radius 3 is 2.41 bits per heavy atom. The van der Waals surface area contributed by atoms with E-state index in [1.54, 1.807) is 42.2 Å². The number of halogens is 3. The van der Waals surface area contributed by atoms with E-state index in [2.05, 4.69) is 37.2 Å². The van der Waals surface area contributed by atoms with Crippen LogP contribution >= 0.6 is 0 Å². The van der Waals surface area contributed by atoms with Gasteiger partial charge in [0.05, 0.1) is 22.7 Å². The van der Waals surface area contributed by atoms with Gasteiger partial charge in [-0.1, -0.05) is 40.5 Å². The first-order chi connectivity index (χ1) is 19.0. The van der Waals surface area contributed by atoms with Crippen molar-refractivity contribution in [1.29, 1.82) is 0 Å². The van der Waals surface area contributed by atoms with Crippen molar-refractivity contribution in [2.45, 2.75) is 98.5 Å². The molecule has 3 heterocycles. The van der Waals surface area contributed by atoms with E-state index in [0.29, 0.717) is 18.9 Å². The van der Waals surface area contributed by atoms with Gasteiger partial charge in [-0.25, -0.2) is 25.0 Å². The fraction of sp³-hybridized carbons (Fsp3) is 0.567. The lowest BCUT2D eigenvalue weighted by Gasteiger charge is -2.39. The minimum atomic E-state index is -4.65. The summed E-state index contributed by atoms with van der Waals surface area (Å²) in [6, 6.07) is 2.99. The standard InChI is InChI=1S/C27H32F3N7O.C2H6.CH4/c1-5-6-11-26(3,4)22-15-20(27(28,29)30)14-21(35-22)24(38)36(16-19-9-7-10-19)18(2)23-33-17-34-37(23)25-31-12-8-13-32-25;1-2;/h8,12-15,17-19,23H,5,7,9-10,16H2,1-4H3,(H,33,34);1-2H3;1H4. The number of anilines is 1. The van der Waals surface area contributed by atoms with Crippen LogP contribution in [0.1, 0.15) is 96.4 Å². The molecular formula is C30H42F3N7O. The summed E-state index contributed by atoms with van der Waals surface area (Å²) in [5.41, 5.74) is 0.943. The maximum absolute atomic E-state index is 14.0. The molecule has 11 heteroatoms. The number of aromatic nitrogens is 3. The van der Waals surface area contributed by atoms with Crippen LogP contribution in [0.4, 0.5) is 19.1 Å². The highest BCUT2D eigenvalue weighted by Gasteiger charge is 2.39. The van der Waals surface area contributed by atoms with Crippen molar-refractivity contribution in [1.82, 2.24) is 25.3 Å². The van der Waals surface area contributed by atoms with E-state index < -0.39 is 35.3 Å². The lowest BCUT2D eigenvalue weighted by atomic mass is 9.84. The maximum Gasteiger partial charge on any atom is 0.416 e. The fourth-order valence-corrected chi connectivity index (χ4v) is 4.44. The van der Waals surface area contributed by atoms with Crippen LogP contribution in [0.2, 0.25) is 0 Å². The van der Waals surface area contributed by atoms with Crippen molar-refractivity contribution in [3.05, 3.63) is 47.5 Å². The van der Waals surface area contributed by atoms with Gasteiger partial charge in [0.2, 0.25) is 5.95 Å². The molecule has 0 bridgehead atoms. The Kier molecular flexibility index (Phi) is 11.7. The molecule has 2 aromatic rings. The largest absolute Gasteiger partial charge is 0.416 e. The molecule has 1 N–H and O–H groups in total. The number of carbonyl (C=O) groups excluding carboxylic acids is 1. The Bertz CT molecular complexity index is 1230. The SMILES string of the molecule is C.CC.CCC#CC(C)(C)c1cc(C(F)(F)F)cc(C(=O)N(CC2CCC2)C(C)C2N=CNN2c2ncccn2)n1. The van der Waals surface area contributed by atoms with Crippen LogP contribution in [0.5, 0.6) is 0 Å². The third-order valence-electron chi connectivity index (χ3n) is 6.91. The van der Waals surface area contributed by atoms with Gasteiger partial charge in [0.15, 0.2) is 6.17 Å². The second-order valence-electron chi connectivity index (χ2n) is 10.1. The predicted octanol–water partition coefficient (Wildman–Crippen LogP) is 6.25. The van der Waals surface area contributed by atoms with Crippen molar-refractivity contribution >= 4 is 18.2 Å². The molecule has 8 nitrogen and oxygen atoms in total. The molecule has 0 spiro atoms. The second kappa shape index (κ2) is 14.3. The van der Waals surface area contributed by atoms with Gasteiger partial charge in [0.25, 0.3) is 5.91 Å². The number of hydrazine groups is 1. The molecule has 0 radical (unpaired) electrons. The smallest absolute Gasteiger partial charge is 0.330 e. The summed E-state index contributed by atoms with van der Waals surface area (Å²) >= 11 is 0. The van der Waals surface area contributed by atoms with Crippen LogP contribution in [-0.2, 0) is 11.6 Å². The van der Waals surface area contributed by atoms with Crippen molar-refractivity contribution in [3.8, 4) is 11.8 Å². The summed E-state index contributed by atoms with van der Waals surface area (Å²) in [6.07, 6.45) is 2.98. The van der Waals surface area contributed by atoms with Gasteiger partial charge in [-0.15, -0.1) is 5.92 Å². The van der Waals surface area contributed by atoms with E-state index in [1.807, 2.05) is 27.7 Å². The summed E-state index contributed by atoms with van der Waals surface area (Å²) in [6.45, 7) is 11.5. The highest BCUT2D eigenvalue weighted by molar-refractivity contribution is 5.93. The monoisotopic (exact) mass is 573 g/mol. The maximum atomic E-state index is 14.0. The first kappa shape index (κ1) is 33.5. The van der Waals surface area contributed by atoms with Crippen molar-refractivity contribution in [3.63, 3.8) is 0 Å². The first-order valence-corrected chi connectivity index (χ1v) is 13.8. The average Bonchev–Trinajstić information content (AvgIpc) is 3.42. The van der Waals surface area contributed by atoms with Crippen molar-refractivity contribution < 1.29 is 18.0 Å². The predicted molar refractivity (Wildman–Crippen MR) is 156 cm³/mol. The summed E-state index contributed by atoms with van der Waals surface area (Å²) in [7, 11) is 0. The van der Waals surface area contributed by atoms with Crippen molar-refractivity contribution in [2.24, 2.45) is 10.9 Å². The quantitative estimate of drug-likeness (QED) is 0.394. The lowest BCUT2D eigenvalue weighted by Crippen LogP contribution is -2.54. The zero-order chi connectivity index (χ0) is 29.5. The Morgan fingerprint density at radius 1 is 1.20 bits per heavy atom. The number of nitrogens with one attached hydrogen (secondary N) is 1. The summed E-state index contributed by atoms with van der Waals surface area (Å²) in [5.74, 6) is 5.97. The van der Waals surface area contributed by atoms with Crippen LogP contribution < -0.4 is 10.4 Å². The first-order valence-electron chi connectivity index (χ1n) is 13.8. The van der Waals surface area contributed by atoms with Gasteiger partial charge in [-0.3, -0.25) is 10.2 Å². The fourth-order valence-electron chi connectivity index (χ4n) is 4.44. The van der Waals surface area contributed by atoms with E-state index in [4.69, 9.17) is 0 Å². The molecule has 1 fully saturated rings. The molecule has 2 aliphatic rings. The molecule has 1 aliphatic heterocycles. The number of rotatable bonds is 7. The van der Waals surface area contributed by atoms with Crippen molar-refractivity contribution in [2.75, 3.05) is 11.6 Å². The highest BCUT2D eigenvalue weighted by atomic mass is 19.4. The van der Waals surface area contributed by atoms with Crippen LogP contribution in [0, 0.1) is 17.8 Å². The van der Waals surface area contributed by atoms with E-state index in [0.717, 1.165) is 31.4 Å². The number of pyridine rings is 1. The molecule has 224 valence electrons. The third kappa shape index (κ3) is 7.96. The number of carbonyl (C=O) groups is 1. The zero-order valence-corrected chi connectivity index (χ0v) is 24.0. The normalized spacial score (nSPS) is 17.1. The zero-order valence-electron chi connectivity index (χ0n) is 24.0. The molecule has 0 saturated heterocycles. The Morgan fingerprint density at radius 2 is 1.85 bits per heavy atom. The number of amides is 1. The number of aliphatic imine (C=N–C) groups is 1. The van der Waals surface area contributed by atoms with Gasteiger partial charge in [-0.05, 0) is 57.7 Å². The molecule has 2 aromatic heterocycles. The van der Waals surface area contributed by atoms with E-state index in [9.17, 15) is 18.0 Å². The number of hydrogen-bond acceptors (Lipinski definition) is 7. The van der Waals surface area contributed by atoms with Crippen LogP contribution in [-0.4, -0.2) is 50.8 Å². The van der Waals surface area contributed by atoms with Gasteiger partial charge in [-0.2, -0.15) is 13.2 Å². The Labute approximate surface area is 241 Å². The molecule has 2 atom stereocenters. The van der Waals surface area contributed by atoms with Gasteiger partial charge in [0.1, 0.15) is 12.0 Å². The van der Waals surface area contributed by atoms with Gasteiger partial charge >= 0.3 is 6.18 Å². The molecule has 4 rings (SSSR count).